The minimum absolute atomic E-state index is 0.219. The van der Waals surface area contributed by atoms with Crippen LogP contribution in [0.15, 0.2) is 40.9 Å². The van der Waals surface area contributed by atoms with E-state index in [2.05, 4.69) is 5.16 Å². The number of aromatic nitrogens is 1. The zero-order chi connectivity index (χ0) is 21.8. The van der Waals surface area contributed by atoms with Crippen LogP contribution in [0.4, 0.5) is 0 Å². The number of benzene rings is 2. The normalized spacial score (nSPS) is 10.7. The Labute approximate surface area is 175 Å². The summed E-state index contributed by atoms with van der Waals surface area (Å²) in [5.41, 5.74) is 5.65. The molecule has 0 fully saturated rings. The van der Waals surface area contributed by atoms with Gasteiger partial charge in [-0.3, -0.25) is 4.79 Å². The molecule has 6 nitrogen and oxygen atoms in total. The highest BCUT2D eigenvalue weighted by atomic mass is 16.5. The fraction of sp³-hybridized carbons (Fsp3) is 0.292. The summed E-state index contributed by atoms with van der Waals surface area (Å²) < 4.78 is 16.1. The Hall–Kier alpha value is -3.41. The molecule has 0 aliphatic carbocycles. The molecule has 0 saturated carbocycles. The first-order valence-electron chi connectivity index (χ1n) is 9.69. The van der Waals surface area contributed by atoms with Crippen molar-refractivity contribution in [2.75, 3.05) is 6.61 Å². The third kappa shape index (κ3) is 4.76. The summed E-state index contributed by atoms with van der Waals surface area (Å²) in [6.45, 7) is 9.54. The second kappa shape index (κ2) is 8.95. The number of esters is 1. The standard InChI is InChI=1S/C24H25NO5/c1-14-10-16(3)21(11-15(14)2)23(26)13-29-24(27)19-6-8-20(9-7-19)28-12-22-17(4)25-30-18(22)5/h6-11H,12-13H2,1-5H3. The Bertz CT molecular complexity index is 1060. The summed E-state index contributed by atoms with van der Waals surface area (Å²) >= 11 is 0. The van der Waals surface area contributed by atoms with Gasteiger partial charge in [-0.2, -0.15) is 0 Å². The number of hydrogen-bond acceptors (Lipinski definition) is 6. The summed E-state index contributed by atoms with van der Waals surface area (Å²) in [5, 5.41) is 3.89. The average Bonchev–Trinajstić information content (AvgIpc) is 3.05. The second-order valence-electron chi connectivity index (χ2n) is 7.37. The Morgan fingerprint density at radius 1 is 0.933 bits per heavy atom. The molecule has 1 aromatic heterocycles. The molecular formula is C24H25NO5. The first-order chi connectivity index (χ1) is 14.3. The topological polar surface area (TPSA) is 78.6 Å². The SMILES string of the molecule is Cc1cc(C)c(C(=O)COC(=O)c2ccc(OCc3c(C)noc3C)cc2)cc1C. The molecule has 0 spiro atoms. The lowest BCUT2D eigenvalue weighted by Gasteiger charge is -2.10. The van der Waals surface area contributed by atoms with Crippen molar-refractivity contribution in [2.45, 2.75) is 41.2 Å². The van der Waals surface area contributed by atoms with E-state index in [4.69, 9.17) is 14.0 Å². The average molecular weight is 407 g/mol. The highest BCUT2D eigenvalue weighted by molar-refractivity contribution is 6.00. The maximum Gasteiger partial charge on any atom is 0.338 e. The fourth-order valence-corrected chi connectivity index (χ4v) is 3.10. The van der Waals surface area contributed by atoms with Crippen molar-refractivity contribution in [1.82, 2.24) is 5.16 Å². The molecule has 1 heterocycles. The van der Waals surface area contributed by atoms with Gasteiger partial charge in [-0.05, 0) is 81.6 Å². The first-order valence-corrected chi connectivity index (χ1v) is 9.69. The van der Waals surface area contributed by atoms with Crippen molar-refractivity contribution in [3.8, 4) is 5.75 Å². The van der Waals surface area contributed by atoms with Crippen LogP contribution >= 0.6 is 0 Å². The zero-order valence-electron chi connectivity index (χ0n) is 17.9. The minimum Gasteiger partial charge on any atom is -0.489 e. The van der Waals surface area contributed by atoms with Gasteiger partial charge in [0.1, 0.15) is 18.1 Å². The summed E-state index contributed by atoms with van der Waals surface area (Å²) in [5.74, 6) is 0.551. The number of carbonyl (C=O) groups is 2. The van der Waals surface area contributed by atoms with Crippen molar-refractivity contribution < 1.29 is 23.6 Å². The number of nitrogens with zero attached hydrogens (tertiary/aromatic N) is 1. The number of ketones is 1. The predicted octanol–water partition coefficient (Wildman–Crippen LogP) is 4.84. The molecule has 0 atom stereocenters. The van der Waals surface area contributed by atoms with Crippen LogP contribution in [-0.2, 0) is 11.3 Å². The second-order valence-corrected chi connectivity index (χ2v) is 7.37. The van der Waals surface area contributed by atoms with E-state index in [9.17, 15) is 9.59 Å². The smallest absolute Gasteiger partial charge is 0.338 e. The number of ether oxygens (including phenoxy) is 2. The summed E-state index contributed by atoms with van der Waals surface area (Å²) in [6, 6.07) is 10.4. The van der Waals surface area contributed by atoms with Crippen molar-refractivity contribution in [1.29, 1.82) is 0 Å². The number of carbonyl (C=O) groups excluding carboxylic acids is 2. The van der Waals surface area contributed by atoms with Crippen molar-refractivity contribution >= 4 is 11.8 Å². The van der Waals surface area contributed by atoms with E-state index in [1.54, 1.807) is 24.3 Å². The lowest BCUT2D eigenvalue weighted by Crippen LogP contribution is -2.15. The molecule has 30 heavy (non-hydrogen) atoms. The van der Waals surface area contributed by atoms with Crippen LogP contribution < -0.4 is 4.74 Å². The highest BCUT2D eigenvalue weighted by Crippen LogP contribution is 2.19. The molecule has 156 valence electrons. The largest absolute Gasteiger partial charge is 0.489 e. The third-order valence-electron chi connectivity index (χ3n) is 5.13. The van der Waals surface area contributed by atoms with Crippen LogP contribution in [0.25, 0.3) is 0 Å². The summed E-state index contributed by atoms with van der Waals surface area (Å²) in [6.07, 6.45) is 0. The molecule has 0 aliphatic heterocycles. The fourth-order valence-electron chi connectivity index (χ4n) is 3.10. The van der Waals surface area contributed by atoms with Gasteiger partial charge in [0.05, 0.1) is 16.8 Å². The molecule has 0 aliphatic rings. The maximum absolute atomic E-state index is 12.5. The van der Waals surface area contributed by atoms with Gasteiger partial charge in [0, 0.05) is 5.56 Å². The summed E-state index contributed by atoms with van der Waals surface area (Å²) in [4.78, 5) is 24.8. The number of rotatable bonds is 7. The predicted molar refractivity (Wildman–Crippen MR) is 112 cm³/mol. The Kier molecular flexibility index (Phi) is 6.35. The van der Waals surface area contributed by atoms with Gasteiger partial charge in [-0.1, -0.05) is 11.2 Å². The maximum atomic E-state index is 12.5. The molecular weight excluding hydrogens is 382 g/mol. The molecule has 0 bridgehead atoms. The Morgan fingerprint density at radius 3 is 2.23 bits per heavy atom. The summed E-state index contributed by atoms with van der Waals surface area (Å²) in [7, 11) is 0. The van der Waals surface area contributed by atoms with E-state index in [-0.39, 0.29) is 12.4 Å². The van der Waals surface area contributed by atoms with Crippen molar-refractivity contribution in [3.63, 3.8) is 0 Å². The molecule has 0 amide bonds. The van der Waals surface area contributed by atoms with E-state index in [0.29, 0.717) is 23.5 Å². The van der Waals surface area contributed by atoms with E-state index in [0.717, 1.165) is 33.7 Å². The van der Waals surface area contributed by atoms with Crippen molar-refractivity contribution in [3.05, 3.63) is 81.2 Å². The minimum atomic E-state index is -0.554. The first kappa shape index (κ1) is 21.3. The zero-order valence-corrected chi connectivity index (χ0v) is 17.9. The monoisotopic (exact) mass is 407 g/mol. The lowest BCUT2D eigenvalue weighted by molar-refractivity contribution is 0.0474. The third-order valence-corrected chi connectivity index (χ3v) is 5.13. The van der Waals surface area contributed by atoms with E-state index >= 15 is 0 Å². The number of Topliss-reactive ketones (excluding diaryl/α,β-unsaturated/α-hetero) is 1. The van der Waals surface area contributed by atoms with E-state index in [1.165, 1.54) is 0 Å². The highest BCUT2D eigenvalue weighted by Gasteiger charge is 2.15. The Balaban J connectivity index is 1.57. The molecule has 0 N–H and O–H groups in total. The van der Waals surface area contributed by atoms with E-state index < -0.39 is 5.97 Å². The molecule has 3 aromatic rings. The molecule has 3 rings (SSSR count). The van der Waals surface area contributed by atoms with Crippen LogP contribution in [0.3, 0.4) is 0 Å². The molecule has 0 saturated heterocycles. The van der Waals surface area contributed by atoms with Crippen LogP contribution in [0.2, 0.25) is 0 Å². The van der Waals surface area contributed by atoms with Crippen LogP contribution in [0.5, 0.6) is 5.75 Å². The van der Waals surface area contributed by atoms with Gasteiger partial charge >= 0.3 is 5.97 Å². The van der Waals surface area contributed by atoms with Gasteiger partial charge in [0.15, 0.2) is 6.61 Å². The molecule has 0 radical (unpaired) electrons. The Morgan fingerprint density at radius 2 is 1.60 bits per heavy atom. The van der Waals surface area contributed by atoms with Crippen LogP contribution in [-0.4, -0.2) is 23.5 Å². The van der Waals surface area contributed by atoms with Crippen LogP contribution in [0, 0.1) is 34.6 Å². The number of hydrogen-bond donors (Lipinski definition) is 0. The van der Waals surface area contributed by atoms with Gasteiger partial charge < -0.3 is 14.0 Å². The lowest BCUT2D eigenvalue weighted by atomic mass is 9.98. The van der Waals surface area contributed by atoms with Gasteiger partial charge in [-0.25, -0.2) is 4.79 Å². The number of aryl methyl sites for hydroxylation is 5. The van der Waals surface area contributed by atoms with Crippen LogP contribution in [0.1, 0.15) is 54.4 Å². The molecule has 0 unspecified atom stereocenters. The van der Waals surface area contributed by atoms with Gasteiger partial charge in [0.2, 0.25) is 5.78 Å². The van der Waals surface area contributed by atoms with Gasteiger partial charge in [0.25, 0.3) is 0 Å². The molecule has 2 aromatic carbocycles. The molecule has 6 heteroatoms. The van der Waals surface area contributed by atoms with Gasteiger partial charge in [-0.15, -0.1) is 0 Å². The quantitative estimate of drug-likeness (QED) is 0.412. The van der Waals surface area contributed by atoms with E-state index in [1.807, 2.05) is 46.8 Å². The van der Waals surface area contributed by atoms with Crippen molar-refractivity contribution in [2.24, 2.45) is 0 Å².